The predicted octanol–water partition coefficient (Wildman–Crippen LogP) is 4.83. The van der Waals surface area contributed by atoms with Crippen molar-refractivity contribution in [3.63, 3.8) is 0 Å². The fourth-order valence-electron chi connectivity index (χ4n) is 4.27. The predicted molar refractivity (Wildman–Crippen MR) is 152 cm³/mol. The van der Waals surface area contributed by atoms with E-state index in [1.807, 2.05) is 78.3 Å². The summed E-state index contributed by atoms with van der Waals surface area (Å²) in [5, 5.41) is 28.9. The van der Waals surface area contributed by atoms with E-state index in [1.165, 1.54) is 0 Å². The zero-order chi connectivity index (χ0) is 27.8. The quantitative estimate of drug-likeness (QED) is 0.228. The molecule has 4 rings (SSSR count). The van der Waals surface area contributed by atoms with Crippen LogP contribution in [-0.4, -0.2) is 44.2 Å². The second kappa shape index (κ2) is 12.9. The molecule has 0 amide bonds. The summed E-state index contributed by atoms with van der Waals surface area (Å²) in [5.41, 5.74) is 3.12. The highest BCUT2D eigenvalue weighted by Gasteiger charge is 2.21. The number of aliphatic hydroxyl groups excluding tert-OH is 2. The molecule has 0 aliphatic carbocycles. The van der Waals surface area contributed by atoms with Gasteiger partial charge in [-0.2, -0.15) is 5.10 Å². The molecule has 0 saturated carbocycles. The van der Waals surface area contributed by atoms with Crippen LogP contribution < -0.4 is 14.8 Å². The van der Waals surface area contributed by atoms with Crippen LogP contribution in [0.2, 0.25) is 0 Å². The lowest BCUT2D eigenvalue weighted by atomic mass is 9.99. The Kier molecular flexibility index (Phi) is 9.35. The summed E-state index contributed by atoms with van der Waals surface area (Å²) in [6.07, 6.45) is 0.0627. The lowest BCUT2D eigenvalue weighted by Crippen LogP contribution is -2.42. The van der Waals surface area contributed by atoms with Crippen molar-refractivity contribution in [1.82, 2.24) is 20.1 Å². The Hall–Kier alpha value is -3.72. The van der Waals surface area contributed by atoms with Gasteiger partial charge < -0.3 is 25.0 Å². The lowest BCUT2D eigenvalue weighted by molar-refractivity contribution is 0.157. The second-order valence-corrected chi connectivity index (χ2v) is 10.3. The van der Waals surface area contributed by atoms with E-state index >= 15 is 0 Å². The maximum atomic E-state index is 10.9. The molecule has 1 unspecified atom stereocenters. The summed E-state index contributed by atoms with van der Waals surface area (Å²) in [4.78, 5) is 4.62. The van der Waals surface area contributed by atoms with Gasteiger partial charge in [0.25, 0.3) is 0 Å². The number of rotatable bonds is 13. The van der Waals surface area contributed by atoms with Gasteiger partial charge >= 0.3 is 0 Å². The Morgan fingerprint density at radius 1 is 1.03 bits per heavy atom. The average Bonchev–Trinajstić information content (AvgIpc) is 3.34. The minimum atomic E-state index is -0.729. The SMILES string of the molecule is COc1ccc(-c2nc(C)n(CCC(C)(C)NCC(O)c3ccc(OCc4ccccc4)c(CO)c3)n2)cc1. The van der Waals surface area contributed by atoms with Gasteiger partial charge in [0.15, 0.2) is 5.82 Å². The molecule has 0 aliphatic rings. The maximum absolute atomic E-state index is 10.9. The zero-order valence-electron chi connectivity index (χ0n) is 23.1. The van der Waals surface area contributed by atoms with Gasteiger partial charge in [-0.15, -0.1) is 0 Å². The van der Waals surface area contributed by atoms with Gasteiger partial charge in [0.05, 0.1) is 19.8 Å². The third-order valence-electron chi connectivity index (χ3n) is 6.80. The van der Waals surface area contributed by atoms with Gasteiger partial charge in [-0.05, 0) is 74.7 Å². The van der Waals surface area contributed by atoms with Crippen LogP contribution in [0.5, 0.6) is 11.5 Å². The van der Waals surface area contributed by atoms with Gasteiger partial charge in [0, 0.05) is 29.8 Å². The maximum Gasteiger partial charge on any atom is 0.181 e. The smallest absolute Gasteiger partial charge is 0.181 e. The van der Waals surface area contributed by atoms with Gasteiger partial charge in [-0.25, -0.2) is 9.67 Å². The fraction of sp³-hybridized carbons (Fsp3) is 0.355. The van der Waals surface area contributed by atoms with E-state index in [-0.39, 0.29) is 12.1 Å². The molecule has 8 heteroatoms. The van der Waals surface area contributed by atoms with Crippen LogP contribution in [0.3, 0.4) is 0 Å². The van der Waals surface area contributed by atoms with Crippen molar-refractivity contribution in [2.75, 3.05) is 13.7 Å². The van der Waals surface area contributed by atoms with E-state index in [4.69, 9.17) is 14.6 Å². The number of aromatic nitrogens is 3. The summed E-state index contributed by atoms with van der Waals surface area (Å²) < 4.78 is 13.1. The molecule has 4 aromatic rings. The van der Waals surface area contributed by atoms with Crippen molar-refractivity contribution in [1.29, 1.82) is 0 Å². The molecular formula is C31H38N4O4. The topological polar surface area (TPSA) is 102 Å². The van der Waals surface area contributed by atoms with E-state index in [0.717, 1.165) is 34.7 Å². The lowest BCUT2D eigenvalue weighted by Gasteiger charge is -2.28. The number of methoxy groups -OCH3 is 1. The molecular weight excluding hydrogens is 492 g/mol. The molecule has 0 spiro atoms. The van der Waals surface area contributed by atoms with Crippen LogP contribution in [-0.2, 0) is 19.8 Å². The van der Waals surface area contributed by atoms with Crippen molar-refractivity contribution in [3.05, 3.63) is 95.3 Å². The van der Waals surface area contributed by atoms with E-state index in [0.29, 0.717) is 36.8 Å². The van der Waals surface area contributed by atoms with Crippen LogP contribution >= 0.6 is 0 Å². The summed E-state index contributed by atoms with van der Waals surface area (Å²) in [5.74, 6) is 2.95. The monoisotopic (exact) mass is 530 g/mol. The fourth-order valence-corrected chi connectivity index (χ4v) is 4.27. The Balaban J connectivity index is 1.31. The number of ether oxygens (including phenoxy) is 2. The number of hydrogen-bond donors (Lipinski definition) is 3. The summed E-state index contributed by atoms with van der Waals surface area (Å²) in [7, 11) is 1.64. The second-order valence-electron chi connectivity index (χ2n) is 10.3. The van der Waals surface area contributed by atoms with Crippen LogP contribution in [0.4, 0.5) is 0 Å². The first-order chi connectivity index (χ1) is 18.8. The molecule has 0 saturated heterocycles. The zero-order valence-corrected chi connectivity index (χ0v) is 23.1. The van der Waals surface area contributed by atoms with Gasteiger partial charge in [-0.1, -0.05) is 36.4 Å². The van der Waals surface area contributed by atoms with E-state index in [1.54, 1.807) is 13.2 Å². The minimum absolute atomic E-state index is 0.167. The third kappa shape index (κ3) is 7.66. The highest BCUT2D eigenvalue weighted by molar-refractivity contribution is 5.55. The Labute approximate surface area is 230 Å². The van der Waals surface area contributed by atoms with Crippen molar-refractivity contribution in [3.8, 4) is 22.9 Å². The molecule has 1 heterocycles. The molecule has 0 radical (unpaired) electrons. The van der Waals surface area contributed by atoms with Crippen molar-refractivity contribution >= 4 is 0 Å². The highest BCUT2D eigenvalue weighted by atomic mass is 16.5. The van der Waals surface area contributed by atoms with Gasteiger partial charge in [0.2, 0.25) is 0 Å². The number of nitrogens with zero attached hydrogens (tertiary/aromatic N) is 3. The van der Waals surface area contributed by atoms with E-state index in [2.05, 4.69) is 24.1 Å². The number of β-amino-alcohol motifs (C(OH)–C–C–N with tert-alkyl or cyclic N) is 1. The molecule has 206 valence electrons. The van der Waals surface area contributed by atoms with Crippen LogP contribution in [0, 0.1) is 6.92 Å². The Bertz CT molecular complexity index is 1340. The normalized spacial score (nSPS) is 12.4. The average molecular weight is 531 g/mol. The van der Waals surface area contributed by atoms with Gasteiger partial charge in [0.1, 0.15) is 23.9 Å². The minimum Gasteiger partial charge on any atom is -0.497 e. The molecule has 0 aliphatic heterocycles. The molecule has 1 aromatic heterocycles. The summed E-state index contributed by atoms with van der Waals surface area (Å²) in [6.45, 7) is 7.47. The molecule has 1 atom stereocenters. The van der Waals surface area contributed by atoms with Crippen molar-refractivity contribution in [2.24, 2.45) is 0 Å². The first-order valence-corrected chi connectivity index (χ1v) is 13.2. The Morgan fingerprint density at radius 3 is 2.46 bits per heavy atom. The number of hydrogen-bond acceptors (Lipinski definition) is 7. The van der Waals surface area contributed by atoms with Crippen LogP contribution in [0.15, 0.2) is 72.8 Å². The number of aliphatic hydroxyl groups is 2. The van der Waals surface area contributed by atoms with Crippen LogP contribution in [0.25, 0.3) is 11.4 Å². The van der Waals surface area contributed by atoms with Gasteiger partial charge in [-0.3, -0.25) is 0 Å². The van der Waals surface area contributed by atoms with Crippen LogP contribution in [0.1, 0.15) is 48.9 Å². The summed E-state index contributed by atoms with van der Waals surface area (Å²) in [6, 6.07) is 23.1. The first-order valence-electron chi connectivity index (χ1n) is 13.2. The molecule has 3 N–H and O–H groups in total. The highest BCUT2D eigenvalue weighted by Crippen LogP contribution is 2.25. The molecule has 0 bridgehead atoms. The molecule has 3 aromatic carbocycles. The largest absolute Gasteiger partial charge is 0.497 e. The molecule has 39 heavy (non-hydrogen) atoms. The van der Waals surface area contributed by atoms with Crippen molar-refractivity contribution < 1.29 is 19.7 Å². The molecule has 0 fully saturated rings. The summed E-state index contributed by atoms with van der Waals surface area (Å²) >= 11 is 0. The number of aryl methyl sites for hydroxylation is 2. The van der Waals surface area contributed by atoms with E-state index < -0.39 is 6.10 Å². The standard InChI is InChI=1S/C31H38N4O4/c1-22-33-30(24-10-13-27(38-4)14-11-24)34-35(22)17-16-31(2,3)32-19-28(37)25-12-15-29(26(18-25)20-36)39-21-23-8-6-5-7-9-23/h5-15,18,28,32,36-37H,16-17,19-21H2,1-4H3. The van der Waals surface area contributed by atoms with Crippen molar-refractivity contribution in [2.45, 2.75) is 58.6 Å². The third-order valence-corrected chi connectivity index (χ3v) is 6.80. The Morgan fingerprint density at radius 2 is 1.77 bits per heavy atom. The molecule has 8 nitrogen and oxygen atoms in total. The number of benzene rings is 3. The first kappa shape index (κ1) is 28.3. The van der Waals surface area contributed by atoms with E-state index in [9.17, 15) is 10.2 Å². The number of nitrogens with one attached hydrogen (secondary N) is 1.